The largest absolute Gasteiger partial charge is 0.352 e. The lowest BCUT2D eigenvalue weighted by atomic mass is 10.1. The Hall–Kier alpha value is -1.70. The van der Waals surface area contributed by atoms with Crippen LogP contribution in [0.3, 0.4) is 0 Å². The van der Waals surface area contributed by atoms with E-state index in [-0.39, 0.29) is 23.7 Å². The van der Waals surface area contributed by atoms with Crippen molar-refractivity contribution in [3.8, 4) is 0 Å². The molecule has 0 fully saturated rings. The third kappa shape index (κ3) is 3.63. The molecule has 1 aliphatic heterocycles. The molecule has 7 heteroatoms. The van der Waals surface area contributed by atoms with Crippen LogP contribution in [0.5, 0.6) is 0 Å². The van der Waals surface area contributed by atoms with Crippen molar-refractivity contribution in [2.75, 3.05) is 4.31 Å². The first-order valence-electron chi connectivity index (χ1n) is 7.79. The number of hydrogen-bond donors (Lipinski definition) is 0. The number of benzene rings is 2. The third-order valence-electron chi connectivity index (χ3n) is 4.01. The Morgan fingerprint density at radius 3 is 2.56 bits per heavy atom. The maximum Gasteiger partial charge on any atom is 0.266 e. The van der Waals surface area contributed by atoms with Gasteiger partial charge in [0.2, 0.25) is 0 Å². The quantitative estimate of drug-likeness (QED) is 0.750. The van der Waals surface area contributed by atoms with Gasteiger partial charge in [0.1, 0.15) is 5.78 Å². The summed E-state index contributed by atoms with van der Waals surface area (Å²) in [4.78, 5) is 11.8. The maximum absolute atomic E-state index is 13.3. The molecule has 0 unspecified atom stereocenters. The van der Waals surface area contributed by atoms with Crippen molar-refractivity contribution < 1.29 is 17.9 Å². The van der Waals surface area contributed by atoms with E-state index in [2.05, 4.69) is 15.9 Å². The summed E-state index contributed by atoms with van der Waals surface area (Å²) in [7, 11) is -3.86. The predicted octanol–water partition coefficient (Wildman–Crippen LogP) is 3.79. The highest BCUT2D eigenvalue weighted by molar-refractivity contribution is 9.10. The lowest BCUT2D eigenvalue weighted by Crippen LogP contribution is -2.46. The average Bonchev–Trinajstić information content (AvgIpc) is 2.54. The fourth-order valence-corrected chi connectivity index (χ4v) is 4.79. The molecular weight excluding hydrogens is 406 g/mol. The van der Waals surface area contributed by atoms with Gasteiger partial charge in [0.05, 0.1) is 23.6 Å². The maximum atomic E-state index is 13.3. The molecule has 132 valence electrons. The van der Waals surface area contributed by atoms with Crippen molar-refractivity contribution in [2.45, 2.75) is 38.0 Å². The van der Waals surface area contributed by atoms with E-state index in [1.807, 2.05) is 13.0 Å². The highest BCUT2D eigenvalue weighted by Crippen LogP contribution is 2.36. The summed E-state index contributed by atoms with van der Waals surface area (Å²) in [6.07, 6.45) is -0.849. The molecular formula is C18H18BrNO4S. The fraction of sp³-hybridized carbons (Fsp3) is 0.278. The van der Waals surface area contributed by atoms with Gasteiger partial charge in [-0.2, -0.15) is 0 Å². The molecule has 0 spiro atoms. The van der Waals surface area contributed by atoms with Gasteiger partial charge >= 0.3 is 0 Å². The van der Waals surface area contributed by atoms with Crippen LogP contribution in [-0.2, 0) is 26.2 Å². The van der Waals surface area contributed by atoms with Crippen LogP contribution in [0.25, 0.3) is 0 Å². The number of carbonyl (C=O) groups is 1. The molecule has 1 aliphatic rings. The number of Topliss-reactive ketones (excluding diaryl/α,β-unsaturated/α-hetero) is 1. The molecule has 1 atom stereocenters. The second-order valence-electron chi connectivity index (χ2n) is 6.06. The lowest BCUT2D eigenvalue weighted by Gasteiger charge is -2.37. The summed E-state index contributed by atoms with van der Waals surface area (Å²) in [5.74, 6) is -0.130. The minimum absolute atomic E-state index is 0.000591. The number of hydrogen-bond acceptors (Lipinski definition) is 4. The van der Waals surface area contributed by atoms with Crippen LogP contribution in [0.4, 0.5) is 5.69 Å². The van der Waals surface area contributed by atoms with Gasteiger partial charge in [0.25, 0.3) is 10.0 Å². The van der Waals surface area contributed by atoms with Crippen LogP contribution in [0.1, 0.15) is 24.5 Å². The monoisotopic (exact) mass is 423 g/mol. The van der Waals surface area contributed by atoms with Crippen molar-refractivity contribution >= 4 is 37.4 Å². The highest BCUT2D eigenvalue weighted by Gasteiger charge is 2.37. The van der Waals surface area contributed by atoms with E-state index in [1.54, 1.807) is 36.4 Å². The summed E-state index contributed by atoms with van der Waals surface area (Å²) in [6.45, 7) is 3.58. The number of aryl methyl sites for hydroxylation is 1. The van der Waals surface area contributed by atoms with Gasteiger partial charge in [0.15, 0.2) is 6.23 Å². The Kier molecular flexibility index (Phi) is 4.99. The molecule has 2 aromatic rings. The number of rotatable bonds is 4. The second kappa shape index (κ2) is 6.90. The van der Waals surface area contributed by atoms with E-state index in [0.29, 0.717) is 5.69 Å². The van der Waals surface area contributed by atoms with Gasteiger partial charge in [-0.15, -0.1) is 0 Å². The van der Waals surface area contributed by atoms with E-state index in [1.165, 1.54) is 11.2 Å². The fourth-order valence-electron chi connectivity index (χ4n) is 2.79. The van der Waals surface area contributed by atoms with Gasteiger partial charge in [-0.05, 0) is 44.2 Å². The second-order valence-corrected chi connectivity index (χ2v) is 8.79. The summed E-state index contributed by atoms with van der Waals surface area (Å²) >= 11 is 3.39. The van der Waals surface area contributed by atoms with E-state index in [4.69, 9.17) is 4.74 Å². The minimum atomic E-state index is -3.86. The van der Waals surface area contributed by atoms with Crippen molar-refractivity contribution in [3.63, 3.8) is 0 Å². The number of fused-ring (bicyclic) bond motifs is 1. The molecule has 0 saturated carbocycles. The Morgan fingerprint density at radius 2 is 1.92 bits per heavy atom. The van der Waals surface area contributed by atoms with Crippen molar-refractivity contribution in [3.05, 3.63) is 58.1 Å². The first-order chi connectivity index (χ1) is 11.8. The zero-order valence-corrected chi connectivity index (χ0v) is 16.3. The number of carbonyl (C=O) groups excluding carboxylic acids is 1. The van der Waals surface area contributed by atoms with E-state index < -0.39 is 16.3 Å². The number of nitrogens with zero attached hydrogens (tertiary/aromatic N) is 1. The Labute approximate surface area is 155 Å². The Morgan fingerprint density at radius 1 is 1.24 bits per heavy atom. The number of ketones is 1. The smallest absolute Gasteiger partial charge is 0.266 e. The summed E-state index contributed by atoms with van der Waals surface area (Å²) in [5, 5.41) is 0. The molecule has 0 aromatic heterocycles. The predicted molar refractivity (Wildman–Crippen MR) is 98.9 cm³/mol. The molecule has 0 amide bonds. The van der Waals surface area contributed by atoms with Gasteiger partial charge < -0.3 is 4.74 Å². The number of anilines is 1. The first-order valence-corrected chi connectivity index (χ1v) is 10.0. The molecule has 0 aliphatic carbocycles. The molecule has 0 saturated heterocycles. The van der Waals surface area contributed by atoms with Gasteiger partial charge in [-0.3, -0.25) is 4.79 Å². The zero-order valence-electron chi connectivity index (χ0n) is 13.9. The van der Waals surface area contributed by atoms with Crippen molar-refractivity contribution in [1.82, 2.24) is 0 Å². The molecule has 1 heterocycles. The van der Waals surface area contributed by atoms with E-state index in [9.17, 15) is 13.2 Å². The molecule has 0 N–H and O–H groups in total. The summed E-state index contributed by atoms with van der Waals surface area (Å²) < 4.78 is 34.3. The standard InChI is InChI=1S/C18H18BrNO4S/c1-12-3-6-16(7-4-12)25(22,23)20-17-8-5-15(19)10-14(17)11-24-18(20)9-13(2)21/h3-8,10,18H,9,11H2,1-2H3/t18-/m1/s1. The van der Waals surface area contributed by atoms with Crippen LogP contribution in [0.2, 0.25) is 0 Å². The van der Waals surface area contributed by atoms with Crippen LogP contribution >= 0.6 is 15.9 Å². The number of sulfonamides is 1. The molecule has 5 nitrogen and oxygen atoms in total. The Balaban J connectivity index is 2.13. The molecule has 0 radical (unpaired) electrons. The van der Waals surface area contributed by atoms with Crippen molar-refractivity contribution in [2.24, 2.45) is 0 Å². The number of halogens is 1. The lowest BCUT2D eigenvalue weighted by molar-refractivity contribution is -0.120. The SMILES string of the molecule is CC(=O)C[C@H]1OCc2cc(Br)ccc2N1S(=O)(=O)c1ccc(C)cc1. The molecule has 0 bridgehead atoms. The Bertz CT molecular complexity index is 909. The third-order valence-corrected chi connectivity index (χ3v) is 6.32. The summed E-state index contributed by atoms with van der Waals surface area (Å²) in [5.41, 5.74) is 2.27. The van der Waals surface area contributed by atoms with Gasteiger partial charge in [-0.25, -0.2) is 12.7 Å². The van der Waals surface area contributed by atoms with E-state index in [0.717, 1.165) is 15.6 Å². The minimum Gasteiger partial charge on any atom is -0.352 e. The molecule has 25 heavy (non-hydrogen) atoms. The summed E-state index contributed by atoms with van der Waals surface area (Å²) in [6, 6.07) is 12.0. The topological polar surface area (TPSA) is 63.7 Å². The first kappa shape index (κ1) is 18.1. The van der Waals surface area contributed by atoms with Crippen molar-refractivity contribution in [1.29, 1.82) is 0 Å². The van der Waals surface area contributed by atoms with Crippen LogP contribution in [-0.4, -0.2) is 20.4 Å². The zero-order chi connectivity index (χ0) is 18.2. The normalized spacial score (nSPS) is 17.2. The van der Waals surface area contributed by atoms with Gasteiger partial charge in [-0.1, -0.05) is 33.6 Å². The average molecular weight is 424 g/mol. The van der Waals surface area contributed by atoms with Crippen LogP contribution < -0.4 is 4.31 Å². The molecule has 2 aromatic carbocycles. The van der Waals surface area contributed by atoms with Crippen LogP contribution in [0, 0.1) is 6.92 Å². The highest BCUT2D eigenvalue weighted by atomic mass is 79.9. The van der Waals surface area contributed by atoms with Crippen LogP contribution in [0.15, 0.2) is 51.8 Å². The molecule has 3 rings (SSSR count). The van der Waals surface area contributed by atoms with E-state index >= 15 is 0 Å². The van der Waals surface area contributed by atoms with Gasteiger partial charge in [0, 0.05) is 10.0 Å². The number of ether oxygens (including phenoxy) is 1.